The summed E-state index contributed by atoms with van der Waals surface area (Å²) in [7, 11) is 0. The zero-order valence-electron chi connectivity index (χ0n) is 10.6. The fourth-order valence-electron chi connectivity index (χ4n) is 1.56. The van der Waals surface area contributed by atoms with E-state index in [0.717, 1.165) is 12.0 Å². The Kier molecular flexibility index (Phi) is 6.34. The number of carbonyl (C=O) groups is 1. The molecule has 0 aliphatic carbocycles. The maximum Gasteiger partial charge on any atom is 0.410 e. The summed E-state index contributed by atoms with van der Waals surface area (Å²) in [6, 6.07) is 11.6. The molecule has 4 nitrogen and oxygen atoms in total. The summed E-state index contributed by atoms with van der Waals surface area (Å²) in [5.41, 5.74) is 0.961. The Hall–Kier alpha value is -2.02. The van der Waals surface area contributed by atoms with Crippen LogP contribution >= 0.6 is 0 Å². The summed E-state index contributed by atoms with van der Waals surface area (Å²) >= 11 is 0. The van der Waals surface area contributed by atoms with Crippen molar-refractivity contribution in [2.45, 2.75) is 26.4 Å². The van der Waals surface area contributed by atoms with Gasteiger partial charge < -0.3 is 9.64 Å². The molecule has 0 fully saturated rings. The van der Waals surface area contributed by atoms with Crippen molar-refractivity contribution in [3.05, 3.63) is 35.9 Å². The first-order valence-electron chi connectivity index (χ1n) is 6.10. The average Bonchev–Trinajstić information content (AvgIpc) is 2.42. The molecule has 0 N–H and O–H groups in total. The minimum Gasteiger partial charge on any atom is -0.445 e. The number of rotatable bonds is 6. The van der Waals surface area contributed by atoms with E-state index in [1.54, 1.807) is 4.90 Å². The topological polar surface area (TPSA) is 53.3 Å². The summed E-state index contributed by atoms with van der Waals surface area (Å²) < 4.78 is 5.22. The van der Waals surface area contributed by atoms with Crippen molar-refractivity contribution in [1.82, 2.24) is 4.90 Å². The molecule has 1 rings (SSSR count). The summed E-state index contributed by atoms with van der Waals surface area (Å²) in [6.45, 7) is 3.31. The average molecular weight is 246 g/mol. The molecule has 1 aromatic carbocycles. The summed E-state index contributed by atoms with van der Waals surface area (Å²) in [5, 5.41) is 8.54. The third kappa shape index (κ3) is 4.88. The summed E-state index contributed by atoms with van der Waals surface area (Å²) in [5.74, 6) is 0. The van der Waals surface area contributed by atoms with Gasteiger partial charge in [0.1, 0.15) is 6.61 Å². The minimum atomic E-state index is -0.351. The molecule has 0 unspecified atom stereocenters. The van der Waals surface area contributed by atoms with Crippen LogP contribution in [0.25, 0.3) is 0 Å². The quantitative estimate of drug-likeness (QED) is 0.775. The second-order valence-corrected chi connectivity index (χ2v) is 3.94. The fourth-order valence-corrected chi connectivity index (χ4v) is 1.56. The van der Waals surface area contributed by atoms with E-state index >= 15 is 0 Å². The van der Waals surface area contributed by atoms with Gasteiger partial charge in [0.25, 0.3) is 0 Å². The van der Waals surface area contributed by atoms with Gasteiger partial charge in [-0.3, -0.25) is 0 Å². The number of hydrogen-bond donors (Lipinski definition) is 0. The van der Waals surface area contributed by atoms with Crippen LogP contribution in [0.5, 0.6) is 0 Å². The number of nitriles is 1. The summed E-state index contributed by atoms with van der Waals surface area (Å²) in [4.78, 5) is 13.4. The van der Waals surface area contributed by atoms with Gasteiger partial charge in [0.15, 0.2) is 0 Å². The molecule has 0 saturated carbocycles. The lowest BCUT2D eigenvalue weighted by Crippen LogP contribution is -2.33. The Morgan fingerprint density at radius 2 is 2.06 bits per heavy atom. The molecule has 96 valence electrons. The van der Waals surface area contributed by atoms with Gasteiger partial charge in [-0.25, -0.2) is 4.79 Å². The normalized spacial score (nSPS) is 9.56. The van der Waals surface area contributed by atoms with E-state index < -0.39 is 0 Å². The van der Waals surface area contributed by atoms with Crippen molar-refractivity contribution in [1.29, 1.82) is 5.26 Å². The van der Waals surface area contributed by atoms with Crippen LogP contribution in [-0.2, 0) is 11.3 Å². The third-order valence-electron chi connectivity index (χ3n) is 2.45. The first kappa shape index (κ1) is 14.0. The second-order valence-electron chi connectivity index (χ2n) is 3.94. The first-order chi connectivity index (χ1) is 8.77. The Morgan fingerprint density at radius 3 is 2.67 bits per heavy atom. The van der Waals surface area contributed by atoms with Crippen LogP contribution in [0.4, 0.5) is 4.79 Å². The minimum absolute atomic E-state index is 0.270. The number of ether oxygens (including phenoxy) is 1. The van der Waals surface area contributed by atoms with Gasteiger partial charge in [0.05, 0.1) is 12.5 Å². The fraction of sp³-hybridized carbons (Fsp3) is 0.429. The molecule has 0 aliphatic rings. The van der Waals surface area contributed by atoms with Crippen molar-refractivity contribution >= 4 is 6.09 Å². The Labute approximate surface area is 108 Å². The molecule has 4 heteroatoms. The van der Waals surface area contributed by atoms with E-state index in [0.29, 0.717) is 19.5 Å². The first-order valence-corrected chi connectivity index (χ1v) is 6.10. The van der Waals surface area contributed by atoms with E-state index in [4.69, 9.17) is 10.00 Å². The standard InChI is InChI=1S/C14H18N2O2/c1-2-10-16(11-6-9-15)14(17)18-12-13-7-4-3-5-8-13/h3-5,7-8H,2,6,10-12H2,1H3. The SMILES string of the molecule is CCCN(CCC#N)C(=O)OCc1ccccc1. The van der Waals surface area contributed by atoms with Crippen molar-refractivity contribution in [2.75, 3.05) is 13.1 Å². The van der Waals surface area contributed by atoms with Gasteiger partial charge in [0, 0.05) is 13.1 Å². The number of benzene rings is 1. The number of hydrogen-bond acceptors (Lipinski definition) is 3. The van der Waals surface area contributed by atoms with Crippen LogP contribution in [0.1, 0.15) is 25.3 Å². The van der Waals surface area contributed by atoms with Crippen molar-refractivity contribution in [2.24, 2.45) is 0 Å². The molecular weight excluding hydrogens is 228 g/mol. The van der Waals surface area contributed by atoms with Crippen LogP contribution in [0.3, 0.4) is 0 Å². The smallest absolute Gasteiger partial charge is 0.410 e. The molecule has 0 aromatic heterocycles. The second kappa shape index (κ2) is 8.13. The molecule has 1 aromatic rings. The molecule has 18 heavy (non-hydrogen) atoms. The zero-order valence-corrected chi connectivity index (χ0v) is 10.6. The van der Waals surface area contributed by atoms with Gasteiger partial charge in [-0.05, 0) is 12.0 Å². The predicted octanol–water partition coefficient (Wildman–Crippen LogP) is 2.95. The van der Waals surface area contributed by atoms with Crippen LogP contribution in [0.15, 0.2) is 30.3 Å². The van der Waals surface area contributed by atoms with Crippen LogP contribution in [0, 0.1) is 11.3 Å². The van der Waals surface area contributed by atoms with Gasteiger partial charge in [-0.15, -0.1) is 0 Å². The van der Waals surface area contributed by atoms with E-state index in [1.807, 2.05) is 43.3 Å². The lowest BCUT2D eigenvalue weighted by molar-refractivity contribution is 0.0969. The highest BCUT2D eigenvalue weighted by Crippen LogP contribution is 2.04. The van der Waals surface area contributed by atoms with E-state index in [9.17, 15) is 4.79 Å². The van der Waals surface area contributed by atoms with Gasteiger partial charge in [0.2, 0.25) is 0 Å². The van der Waals surface area contributed by atoms with E-state index in [1.165, 1.54) is 0 Å². The van der Waals surface area contributed by atoms with Gasteiger partial charge in [-0.2, -0.15) is 5.26 Å². The summed E-state index contributed by atoms with van der Waals surface area (Å²) in [6.07, 6.45) is 0.836. The molecule has 1 amide bonds. The van der Waals surface area contributed by atoms with Gasteiger partial charge in [-0.1, -0.05) is 37.3 Å². The maximum atomic E-state index is 11.8. The maximum absolute atomic E-state index is 11.8. The zero-order chi connectivity index (χ0) is 13.2. The number of nitrogens with zero attached hydrogens (tertiary/aromatic N) is 2. The van der Waals surface area contributed by atoms with E-state index in [2.05, 4.69) is 0 Å². The van der Waals surface area contributed by atoms with Crippen molar-refractivity contribution in [3.63, 3.8) is 0 Å². The predicted molar refractivity (Wildman–Crippen MR) is 68.7 cm³/mol. The molecule has 0 bridgehead atoms. The monoisotopic (exact) mass is 246 g/mol. The molecule has 0 spiro atoms. The molecule has 0 aliphatic heterocycles. The number of carbonyl (C=O) groups excluding carboxylic acids is 1. The van der Waals surface area contributed by atoms with Crippen molar-refractivity contribution in [3.8, 4) is 6.07 Å². The highest BCUT2D eigenvalue weighted by atomic mass is 16.6. The molecular formula is C14H18N2O2. The Bertz CT molecular complexity index is 398. The highest BCUT2D eigenvalue weighted by Gasteiger charge is 2.13. The van der Waals surface area contributed by atoms with Crippen molar-refractivity contribution < 1.29 is 9.53 Å². The highest BCUT2D eigenvalue weighted by molar-refractivity contribution is 5.67. The van der Waals surface area contributed by atoms with Gasteiger partial charge >= 0.3 is 6.09 Å². The molecule has 0 saturated heterocycles. The largest absolute Gasteiger partial charge is 0.445 e. The molecule has 0 radical (unpaired) electrons. The van der Waals surface area contributed by atoms with Crippen LogP contribution in [-0.4, -0.2) is 24.1 Å². The third-order valence-corrected chi connectivity index (χ3v) is 2.45. The Balaban J connectivity index is 2.43. The lowest BCUT2D eigenvalue weighted by atomic mass is 10.2. The molecule has 0 atom stereocenters. The Morgan fingerprint density at radius 1 is 1.33 bits per heavy atom. The van der Waals surface area contributed by atoms with E-state index in [-0.39, 0.29) is 12.7 Å². The van der Waals surface area contributed by atoms with Crippen LogP contribution < -0.4 is 0 Å². The van der Waals surface area contributed by atoms with Crippen LogP contribution in [0.2, 0.25) is 0 Å². The molecule has 0 heterocycles. The number of amides is 1. The lowest BCUT2D eigenvalue weighted by Gasteiger charge is -2.20.